The zero-order chi connectivity index (χ0) is 21.0. The first-order chi connectivity index (χ1) is 13.0. The van der Waals surface area contributed by atoms with Crippen LogP contribution in [-0.4, -0.2) is 31.8 Å². The third-order valence-electron chi connectivity index (χ3n) is 6.87. The average molecular weight is 457 g/mol. The highest BCUT2D eigenvalue weighted by molar-refractivity contribution is 9.10. The molecule has 154 valence electrons. The van der Waals surface area contributed by atoms with Crippen molar-refractivity contribution in [3.8, 4) is 0 Å². The molecule has 10 heteroatoms. The Kier molecular flexibility index (Phi) is 5.28. The molecule has 28 heavy (non-hydrogen) atoms. The Bertz CT molecular complexity index is 883. The van der Waals surface area contributed by atoms with Crippen molar-refractivity contribution in [2.24, 2.45) is 23.2 Å². The highest BCUT2D eigenvalue weighted by Crippen LogP contribution is 2.61. The molecule has 2 N–H and O–H groups in total. The third kappa shape index (κ3) is 3.11. The molecule has 1 aromatic rings. The highest BCUT2D eigenvalue weighted by atomic mass is 79.9. The average Bonchev–Trinajstić information content (AvgIpc) is 2.61. The van der Waals surface area contributed by atoms with Crippen LogP contribution < -0.4 is 10.9 Å². The molecule has 3 aliphatic carbocycles. The van der Waals surface area contributed by atoms with Gasteiger partial charge in [0, 0.05) is 6.04 Å². The van der Waals surface area contributed by atoms with Gasteiger partial charge in [0.1, 0.15) is 4.47 Å². The summed E-state index contributed by atoms with van der Waals surface area (Å²) in [6, 6.07) is -1.27. The zero-order valence-corrected chi connectivity index (χ0v) is 17.9. The molecule has 4 rings (SSSR count). The van der Waals surface area contributed by atoms with Gasteiger partial charge in [-0.1, -0.05) is 27.7 Å². The minimum Gasteiger partial charge on any atom is -0.480 e. The van der Waals surface area contributed by atoms with Crippen LogP contribution in [0.2, 0.25) is 0 Å². The fraction of sp³-hybridized carbons (Fsp3) is 0.722. The summed E-state index contributed by atoms with van der Waals surface area (Å²) in [7, 11) is 0. The number of aromatic nitrogens is 2. The number of halogens is 1. The molecule has 1 aromatic heterocycles. The maximum absolute atomic E-state index is 12.7. The Morgan fingerprint density at radius 2 is 2.14 bits per heavy atom. The Balaban J connectivity index is 2.00. The van der Waals surface area contributed by atoms with Crippen LogP contribution in [0.5, 0.6) is 0 Å². The number of hydrogen-bond acceptors (Lipinski definition) is 6. The van der Waals surface area contributed by atoms with Crippen LogP contribution in [-0.2, 0) is 4.79 Å². The van der Waals surface area contributed by atoms with Gasteiger partial charge in [0.05, 0.1) is 5.10 Å². The van der Waals surface area contributed by atoms with Crippen LogP contribution in [0.25, 0.3) is 0 Å². The predicted molar refractivity (Wildman–Crippen MR) is 106 cm³/mol. The first-order valence-electron chi connectivity index (χ1n) is 9.46. The number of rotatable bonds is 6. The van der Waals surface area contributed by atoms with Gasteiger partial charge in [-0.05, 0) is 63.3 Å². The summed E-state index contributed by atoms with van der Waals surface area (Å²) in [5.41, 5.74) is -0.406. The number of nitro groups is 1. The largest absolute Gasteiger partial charge is 0.480 e. The molecule has 3 fully saturated rings. The van der Waals surface area contributed by atoms with Crippen LogP contribution in [0.1, 0.15) is 53.0 Å². The highest BCUT2D eigenvalue weighted by Gasteiger charge is 2.56. The van der Waals surface area contributed by atoms with Crippen LogP contribution >= 0.6 is 15.9 Å². The molecule has 0 saturated heterocycles. The fourth-order valence-electron chi connectivity index (χ4n) is 4.95. The summed E-state index contributed by atoms with van der Waals surface area (Å²) in [5.74, 6) is -0.462. The van der Waals surface area contributed by atoms with Crippen molar-refractivity contribution in [3.63, 3.8) is 0 Å². The van der Waals surface area contributed by atoms with Crippen LogP contribution in [0.3, 0.4) is 0 Å². The second kappa shape index (κ2) is 7.13. The van der Waals surface area contributed by atoms with Gasteiger partial charge in [-0.3, -0.25) is 4.79 Å². The molecule has 0 radical (unpaired) electrons. The molecule has 0 aliphatic heterocycles. The van der Waals surface area contributed by atoms with Gasteiger partial charge >= 0.3 is 17.3 Å². The molecule has 0 amide bonds. The van der Waals surface area contributed by atoms with Gasteiger partial charge in [0.2, 0.25) is 0 Å². The quantitative estimate of drug-likeness (QED) is 0.495. The van der Waals surface area contributed by atoms with E-state index in [0.29, 0.717) is 16.5 Å². The van der Waals surface area contributed by atoms with Crippen molar-refractivity contribution in [1.82, 2.24) is 9.78 Å². The lowest BCUT2D eigenvalue weighted by Crippen LogP contribution is -2.58. The Morgan fingerprint density at radius 3 is 2.61 bits per heavy atom. The topological polar surface area (TPSA) is 127 Å². The molecule has 9 nitrogen and oxygen atoms in total. The van der Waals surface area contributed by atoms with E-state index in [2.05, 4.69) is 47.1 Å². The van der Waals surface area contributed by atoms with Gasteiger partial charge in [0.15, 0.2) is 11.7 Å². The molecule has 5 atom stereocenters. The maximum atomic E-state index is 12.7. The smallest absolute Gasteiger partial charge is 0.413 e. The van der Waals surface area contributed by atoms with Crippen LogP contribution in [0.4, 0.5) is 11.5 Å². The minimum absolute atomic E-state index is 0.00901. The number of carboxylic acids is 1. The molecule has 1 heterocycles. The first-order valence-corrected chi connectivity index (χ1v) is 10.3. The van der Waals surface area contributed by atoms with E-state index in [9.17, 15) is 24.8 Å². The Labute approximate surface area is 170 Å². The molecule has 2 bridgehead atoms. The summed E-state index contributed by atoms with van der Waals surface area (Å²) < 4.78 is 0.625. The van der Waals surface area contributed by atoms with Crippen molar-refractivity contribution in [2.75, 3.05) is 5.32 Å². The number of hydrogen-bond donors (Lipinski definition) is 2. The van der Waals surface area contributed by atoms with Crippen molar-refractivity contribution < 1.29 is 14.8 Å². The number of nitrogens with zero attached hydrogens (tertiary/aromatic N) is 3. The molecule has 3 saturated carbocycles. The second-order valence-corrected chi connectivity index (χ2v) is 9.28. The lowest BCUT2D eigenvalue weighted by molar-refractivity contribution is -0.389. The molecule has 1 unspecified atom stereocenters. The van der Waals surface area contributed by atoms with Crippen LogP contribution in [0.15, 0.2) is 9.27 Å². The maximum Gasteiger partial charge on any atom is 0.413 e. The number of fused-ring (bicyclic) bond motifs is 2. The predicted octanol–water partition coefficient (Wildman–Crippen LogP) is 3.43. The lowest BCUT2D eigenvalue weighted by Gasteiger charge is -2.62. The molecule has 0 aromatic carbocycles. The lowest BCUT2D eigenvalue weighted by atomic mass is 9.45. The number of carbonyl (C=O) groups is 1. The number of aliphatic carboxylic acids is 1. The first kappa shape index (κ1) is 20.8. The normalized spacial score (nSPS) is 28.9. The van der Waals surface area contributed by atoms with Gasteiger partial charge < -0.3 is 20.5 Å². The van der Waals surface area contributed by atoms with E-state index in [0.717, 1.165) is 12.8 Å². The van der Waals surface area contributed by atoms with Crippen molar-refractivity contribution in [3.05, 3.63) is 24.9 Å². The molecular weight excluding hydrogens is 432 g/mol. The van der Waals surface area contributed by atoms with Crippen molar-refractivity contribution in [2.45, 2.75) is 59.0 Å². The Hall–Kier alpha value is -1.97. The van der Waals surface area contributed by atoms with Gasteiger partial charge in [0.25, 0.3) is 0 Å². The summed E-state index contributed by atoms with van der Waals surface area (Å²) >= 11 is 3.16. The third-order valence-corrected chi connectivity index (χ3v) is 7.60. The summed E-state index contributed by atoms with van der Waals surface area (Å²) in [6.07, 6.45) is 2.10. The van der Waals surface area contributed by atoms with Gasteiger partial charge in [-0.25, -0.2) is 4.79 Å². The van der Waals surface area contributed by atoms with E-state index >= 15 is 0 Å². The Morgan fingerprint density at radius 1 is 1.50 bits per heavy atom. The molecule has 3 aliphatic rings. The van der Waals surface area contributed by atoms with Crippen LogP contribution in [0, 0.1) is 33.3 Å². The van der Waals surface area contributed by atoms with Crippen molar-refractivity contribution in [1.29, 1.82) is 0 Å². The van der Waals surface area contributed by atoms with Gasteiger partial charge in [-0.15, -0.1) is 4.68 Å². The van der Waals surface area contributed by atoms with Crippen molar-refractivity contribution >= 4 is 33.4 Å². The monoisotopic (exact) mass is 456 g/mol. The number of nitrogens with one attached hydrogen (secondary N) is 1. The SMILES string of the molecule is CCC(C(=O)O)n1nc([N+](=O)[O-])c(N[C@@H]2C[C@@H]3C[C@H]([C@H]2C)C3(C)C)c(Br)c1=O. The van der Waals surface area contributed by atoms with E-state index in [1.165, 1.54) is 0 Å². The fourth-order valence-corrected chi connectivity index (χ4v) is 5.42. The number of carboxylic acid groups (broad SMARTS) is 1. The standard InChI is InChI=1S/C18H25BrN4O5/c1-5-12(17(25)26)22-16(24)13(19)14(15(21-22)23(27)28)20-11-7-9-6-10(8(11)2)18(9,3)4/h8-12,20H,5-7H2,1-4H3,(H,25,26)/t8-,9+,10-,11-,12?/m1/s1. The summed E-state index contributed by atoms with van der Waals surface area (Å²) in [6.45, 7) is 8.23. The van der Waals surface area contributed by atoms with Gasteiger partial charge in [-0.2, -0.15) is 0 Å². The van der Waals surface area contributed by atoms with E-state index in [4.69, 9.17) is 0 Å². The van der Waals surface area contributed by atoms with E-state index in [1.807, 2.05) is 0 Å². The zero-order valence-electron chi connectivity index (χ0n) is 16.3. The minimum atomic E-state index is -1.27. The van der Waals surface area contributed by atoms with E-state index < -0.39 is 28.3 Å². The summed E-state index contributed by atoms with van der Waals surface area (Å²) in [4.78, 5) is 35.1. The molecular formula is C18H25BrN4O5. The number of anilines is 1. The second-order valence-electron chi connectivity index (χ2n) is 8.49. The van der Waals surface area contributed by atoms with E-state index in [1.54, 1.807) is 6.92 Å². The van der Waals surface area contributed by atoms with E-state index in [-0.39, 0.29) is 34.0 Å². The summed E-state index contributed by atoms with van der Waals surface area (Å²) in [5, 5.41) is 28.0. The molecule has 0 spiro atoms.